The minimum absolute atomic E-state index is 0.204. The third kappa shape index (κ3) is 2.78. The molecule has 1 saturated carbocycles. The number of hydrogen-bond donors (Lipinski definition) is 1. The van der Waals surface area contributed by atoms with Gasteiger partial charge in [-0.25, -0.2) is 0 Å². The summed E-state index contributed by atoms with van der Waals surface area (Å²) in [5.41, 5.74) is 5.35. The summed E-state index contributed by atoms with van der Waals surface area (Å²) in [4.78, 5) is 15.2. The van der Waals surface area contributed by atoms with Gasteiger partial charge in [-0.15, -0.1) is 0 Å². The van der Waals surface area contributed by atoms with E-state index in [9.17, 15) is 4.79 Å². The number of hydrogen-bond acceptors (Lipinski definition) is 2. The third-order valence-electron chi connectivity index (χ3n) is 5.09. The Morgan fingerprint density at radius 1 is 1.26 bits per heavy atom. The molecule has 4 heteroatoms. The van der Waals surface area contributed by atoms with Crippen molar-refractivity contribution in [2.45, 2.75) is 52.4 Å². The van der Waals surface area contributed by atoms with E-state index in [4.69, 9.17) is 18.0 Å². The zero-order valence-electron chi connectivity index (χ0n) is 12.2. The molecule has 0 bridgehead atoms. The van der Waals surface area contributed by atoms with Gasteiger partial charge in [0.2, 0.25) is 5.91 Å². The first kappa shape index (κ1) is 14.8. The zero-order valence-corrected chi connectivity index (χ0v) is 13.0. The molecule has 1 unspecified atom stereocenters. The average molecular weight is 282 g/mol. The van der Waals surface area contributed by atoms with Gasteiger partial charge in [0.15, 0.2) is 0 Å². The van der Waals surface area contributed by atoms with E-state index in [1.165, 1.54) is 6.42 Å². The van der Waals surface area contributed by atoms with Gasteiger partial charge in [-0.2, -0.15) is 0 Å². The normalized spacial score (nSPS) is 26.7. The van der Waals surface area contributed by atoms with E-state index in [0.717, 1.165) is 51.1 Å². The minimum atomic E-state index is -0.493. The van der Waals surface area contributed by atoms with E-state index >= 15 is 0 Å². The number of nitrogens with zero attached hydrogens (tertiary/aromatic N) is 1. The van der Waals surface area contributed by atoms with Gasteiger partial charge < -0.3 is 10.6 Å². The van der Waals surface area contributed by atoms with E-state index in [1.807, 2.05) is 4.90 Å². The first-order valence-corrected chi connectivity index (χ1v) is 7.97. The summed E-state index contributed by atoms with van der Waals surface area (Å²) < 4.78 is 0. The molecule has 1 aliphatic heterocycles. The van der Waals surface area contributed by atoms with E-state index in [2.05, 4.69) is 13.8 Å². The summed E-state index contributed by atoms with van der Waals surface area (Å²) in [5.74, 6) is 1.67. The van der Waals surface area contributed by atoms with Gasteiger partial charge in [0, 0.05) is 13.1 Å². The van der Waals surface area contributed by atoms with Crippen molar-refractivity contribution in [2.24, 2.45) is 23.0 Å². The van der Waals surface area contributed by atoms with Crippen LogP contribution in [0.2, 0.25) is 0 Å². The third-order valence-corrected chi connectivity index (χ3v) is 5.48. The maximum Gasteiger partial charge on any atom is 0.235 e. The highest BCUT2D eigenvalue weighted by atomic mass is 32.1. The fourth-order valence-electron chi connectivity index (χ4n) is 3.39. The van der Waals surface area contributed by atoms with Crippen LogP contribution in [0.15, 0.2) is 0 Å². The van der Waals surface area contributed by atoms with Crippen molar-refractivity contribution in [1.82, 2.24) is 4.90 Å². The van der Waals surface area contributed by atoms with Crippen LogP contribution in [-0.4, -0.2) is 28.9 Å². The smallest absolute Gasteiger partial charge is 0.235 e. The van der Waals surface area contributed by atoms with Crippen LogP contribution in [0.25, 0.3) is 0 Å². The Kier molecular flexibility index (Phi) is 4.49. The van der Waals surface area contributed by atoms with Crippen LogP contribution in [0.5, 0.6) is 0 Å². The number of amides is 1. The fraction of sp³-hybridized carbons (Fsp3) is 0.867. The van der Waals surface area contributed by atoms with Crippen molar-refractivity contribution < 1.29 is 4.79 Å². The van der Waals surface area contributed by atoms with Crippen LogP contribution in [-0.2, 0) is 4.79 Å². The summed E-state index contributed by atoms with van der Waals surface area (Å²) >= 11 is 5.16. The summed E-state index contributed by atoms with van der Waals surface area (Å²) in [7, 11) is 0. The van der Waals surface area contributed by atoms with Gasteiger partial charge in [0.25, 0.3) is 0 Å². The first-order valence-electron chi connectivity index (χ1n) is 7.56. The standard InChI is InChI=1S/C15H26N2OS/c1-11(2)12-5-3-9-17(10-6-12)14(18)15(13(16)19)7-4-8-15/h11-12H,3-10H2,1-2H3,(H2,16,19). The van der Waals surface area contributed by atoms with Gasteiger partial charge >= 0.3 is 0 Å². The van der Waals surface area contributed by atoms with Gasteiger partial charge in [-0.3, -0.25) is 4.79 Å². The maximum absolute atomic E-state index is 12.7. The number of carbonyl (C=O) groups excluding carboxylic acids is 1. The van der Waals surface area contributed by atoms with Crippen molar-refractivity contribution in [1.29, 1.82) is 0 Å². The largest absolute Gasteiger partial charge is 0.392 e. The number of thiocarbonyl (C=S) groups is 1. The van der Waals surface area contributed by atoms with E-state index in [1.54, 1.807) is 0 Å². The highest BCUT2D eigenvalue weighted by Crippen LogP contribution is 2.43. The lowest BCUT2D eigenvalue weighted by molar-refractivity contribution is -0.141. The van der Waals surface area contributed by atoms with Gasteiger partial charge in [-0.1, -0.05) is 32.5 Å². The highest BCUT2D eigenvalue weighted by molar-refractivity contribution is 7.80. The quantitative estimate of drug-likeness (QED) is 0.810. The highest BCUT2D eigenvalue weighted by Gasteiger charge is 2.49. The molecule has 2 aliphatic rings. The number of carbonyl (C=O) groups is 1. The van der Waals surface area contributed by atoms with E-state index < -0.39 is 5.41 Å². The van der Waals surface area contributed by atoms with Crippen LogP contribution in [0.4, 0.5) is 0 Å². The number of nitrogens with two attached hydrogens (primary N) is 1. The van der Waals surface area contributed by atoms with Crippen molar-refractivity contribution in [3.63, 3.8) is 0 Å². The summed E-state index contributed by atoms with van der Waals surface area (Å²) in [6, 6.07) is 0. The monoisotopic (exact) mass is 282 g/mol. The van der Waals surface area contributed by atoms with Crippen LogP contribution in [0.3, 0.4) is 0 Å². The second-order valence-electron chi connectivity index (χ2n) is 6.53. The molecule has 2 rings (SSSR count). The minimum Gasteiger partial charge on any atom is -0.392 e. The van der Waals surface area contributed by atoms with Crippen molar-refractivity contribution in [3.05, 3.63) is 0 Å². The van der Waals surface area contributed by atoms with Crippen molar-refractivity contribution in [3.8, 4) is 0 Å². The Labute approximate surface area is 121 Å². The Bertz CT molecular complexity index is 363. The van der Waals surface area contributed by atoms with Crippen LogP contribution >= 0.6 is 12.2 Å². The van der Waals surface area contributed by atoms with Gasteiger partial charge in [0.1, 0.15) is 0 Å². The van der Waals surface area contributed by atoms with Crippen LogP contribution < -0.4 is 5.73 Å². The summed E-state index contributed by atoms with van der Waals surface area (Å²) in [6.45, 7) is 6.33. The lowest BCUT2D eigenvalue weighted by Crippen LogP contribution is -2.54. The second kappa shape index (κ2) is 5.78. The molecule has 1 heterocycles. The molecule has 1 aliphatic carbocycles. The molecule has 2 N–H and O–H groups in total. The Balaban J connectivity index is 2.02. The summed E-state index contributed by atoms with van der Waals surface area (Å²) in [6.07, 6.45) is 6.25. The molecule has 19 heavy (non-hydrogen) atoms. The van der Waals surface area contributed by atoms with E-state index in [-0.39, 0.29) is 5.91 Å². The van der Waals surface area contributed by atoms with E-state index in [0.29, 0.717) is 10.9 Å². The first-order chi connectivity index (χ1) is 8.97. The fourth-order valence-corrected chi connectivity index (χ4v) is 3.68. The molecular weight excluding hydrogens is 256 g/mol. The van der Waals surface area contributed by atoms with Crippen molar-refractivity contribution in [2.75, 3.05) is 13.1 Å². The zero-order chi connectivity index (χ0) is 14.0. The average Bonchev–Trinajstić information content (AvgIpc) is 2.51. The lowest BCUT2D eigenvalue weighted by atomic mass is 9.67. The molecule has 0 aromatic carbocycles. The number of likely N-dealkylation sites (tertiary alicyclic amines) is 1. The number of rotatable bonds is 3. The van der Waals surface area contributed by atoms with Crippen LogP contribution in [0, 0.1) is 17.3 Å². The van der Waals surface area contributed by atoms with Gasteiger partial charge in [-0.05, 0) is 43.9 Å². The summed E-state index contributed by atoms with van der Waals surface area (Å²) in [5, 5.41) is 0. The molecule has 2 fully saturated rings. The predicted octanol–water partition coefficient (Wildman–Crippen LogP) is 2.73. The Hall–Kier alpha value is -0.640. The Morgan fingerprint density at radius 2 is 1.95 bits per heavy atom. The molecule has 0 aromatic heterocycles. The lowest BCUT2D eigenvalue weighted by Gasteiger charge is -2.42. The molecule has 0 radical (unpaired) electrons. The van der Waals surface area contributed by atoms with Crippen LogP contribution in [0.1, 0.15) is 52.4 Å². The molecular formula is C15H26N2OS. The molecule has 3 nitrogen and oxygen atoms in total. The van der Waals surface area contributed by atoms with Crippen molar-refractivity contribution >= 4 is 23.1 Å². The van der Waals surface area contributed by atoms with Gasteiger partial charge in [0.05, 0.1) is 10.4 Å². The molecule has 1 amide bonds. The maximum atomic E-state index is 12.7. The molecule has 1 atom stereocenters. The molecule has 1 saturated heterocycles. The Morgan fingerprint density at radius 3 is 2.42 bits per heavy atom. The molecule has 108 valence electrons. The SMILES string of the molecule is CC(C)C1CCCN(C(=O)C2(C(N)=S)CCC2)CC1. The molecule has 0 aromatic rings. The second-order valence-corrected chi connectivity index (χ2v) is 6.97. The predicted molar refractivity (Wildman–Crippen MR) is 81.8 cm³/mol. The molecule has 0 spiro atoms. The topological polar surface area (TPSA) is 46.3 Å².